The van der Waals surface area contributed by atoms with Gasteiger partial charge in [-0.15, -0.1) is 10.2 Å². The van der Waals surface area contributed by atoms with E-state index in [9.17, 15) is 4.79 Å². The molecule has 0 aliphatic carbocycles. The molecule has 110 valence electrons. The minimum Gasteiger partial charge on any atom is -0.324 e. The van der Waals surface area contributed by atoms with Gasteiger partial charge in [-0.25, -0.2) is 0 Å². The fourth-order valence-electron chi connectivity index (χ4n) is 2.16. The van der Waals surface area contributed by atoms with E-state index in [1.54, 1.807) is 23.1 Å². The maximum absolute atomic E-state index is 12.0. The lowest BCUT2D eigenvalue weighted by Gasteiger charge is -2.10. The Bertz CT molecular complexity index is 703. The first-order valence-corrected chi connectivity index (χ1v) is 8.86. The van der Waals surface area contributed by atoms with E-state index in [1.165, 1.54) is 0 Å². The Labute approximate surface area is 139 Å². The predicted molar refractivity (Wildman–Crippen MR) is 88.0 cm³/mol. The lowest BCUT2D eigenvalue weighted by molar-refractivity contribution is -0.117. The largest absolute Gasteiger partial charge is 0.324 e. The molecule has 21 heavy (non-hydrogen) atoms. The Balaban J connectivity index is 1.92. The van der Waals surface area contributed by atoms with E-state index in [0.29, 0.717) is 0 Å². The zero-order valence-corrected chi connectivity index (χ0v) is 14.7. The van der Waals surface area contributed by atoms with Crippen LogP contribution < -0.4 is 10.6 Å². The first-order chi connectivity index (χ1) is 10.1. The molecule has 2 N–H and O–H groups in total. The molecule has 1 atom stereocenters. The van der Waals surface area contributed by atoms with Crippen molar-refractivity contribution < 1.29 is 4.79 Å². The van der Waals surface area contributed by atoms with Gasteiger partial charge in [0.1, 0.15) is 11.0 Å². The van der Waals surface area contributed by atoms with E-state index in [0.717, 1.165) is 36.5 Å². The zero-order valence-electron chi connectivity index (χ0n) is 11.4. The van der Waals surface area contributed by atoms with Crippen molar-refractivity contribution in [3.8, 4) is 0 Å². The van der Waals surface area contributed by atoms with Gasteiger partial charge in [-0.3, -0.25) is 4.79 Å². The summed E-state index contributed by atoms with van der Waals surface area (Å²) < 4.78 is 1.85. The molecule has 1 aliphatic rings. The van der Waals surface area contributed by atoms with Gasteiger partial charge in [0.2, 0.25) is 5.91 Å². The standard InChI is InChI=1S/C13H13BrN4OS2/c1-3-15-11-7-4-8(14)10(5-9(7)16-12(11)19)21-13-18-17-6(2)20-13/h4-5,11,15H,3H2,1-2H3,(H,16,19). The maximum atomic E-state index is 12.0. The molecule has 2 heterocycles. The first kappa shape index (κ1) is 15.0. The number of anilines is 1. The molecule has 1 aromatic carbocycles. The van der Waals surface area contributed by atoms with Crippen molar-refractivity contribution in [3.63, 3.8) is 0 Å². The van der Waals surface area contributed by atoms with Gasteiger partial charge < -0.3 is 10.6 Å². The van der Waals surface area contributed by atoms with Crippen molar-refractivity contribution in [3.05, 3.63) is 27.2 Å². The molecule has 0 fully saturated rings. The third-order valence-corrected chi connectivity index (χ3v) is 5.91. The van der Waals surface area contributed by atoms with Gasteiger partial charge in [0.15, 0.2) is 4.34 Å². The Morgan fingerprint density at radius 2 is 2.29 bits per heavy atom. The molecule has 0 saturated carbocycles. The number of benzene rings is 1. The minimum atomic E-state index is -0.274. The number of hydrogen-bond acceptors (Lipinski definition) is 6. The summed E-state index contributed by atoms with van der Waals surface area (Å²) in [6.45, 7) is 4.67. The molecular formula is C13H13BrN4OS2. The normalized spacial score (nSPS) is 16.9. The van der Waals surface area contributed by atoms with Gasteiger partial charge in [0, 0.05) is 20.6 Å². The quantitative estimate of drug-likeness (QED) is 0.845. The third kappa shape index (κ3) is 2.98. The van der Waals surface area contributed by atoms with Gasteiger partial charge in [0.05, 0.1) is 0 Å². The monoisotopic (exact) mass is 384 g/mol. The number of aromatic nitrogens is 2. The van der Waals surface area contributed by atoms with Crippen LogP contribution in [0.2, 0.25) is 0 Å². The average molecular weight is 385 g/mol. The Morgan fingerprint density at radius 3 is 2.95 bits per heavy atom. The summed E-state index contributed by atoms with van der Waals surface area (Å²) in [7, 11) is 0. The van der Waals surface area contributed by atoms with E-state index >= 15 is 0 Å². The van der Waals surface area contributed by atoms with E-state index in [1.807, 2.05) is 26.0 Å². The molecule has 3 rings (SSSR count). The van der Waals surface area contributed by atoms with Crippen molar-refractivity contribution >= 4 is 50.6 Å². The van der Waals surface area contributed by atoms with Crippen LogP contribution in [0.1, 0.15) is 23.5 Å². The van der Waals surface area contributed by atoms with Crippen molar-refractivity contribution in [2.24, 2.45) is 0 Å². The number of hydrogen-bond donors (Lipinski definition) is 2. The van der Waals surface area contributed by atoms with Gasteiger partial charge >= 0.3 is 0 Å². The molecule has 2 aromatic rings. The lowest BCUT2D eigenvalue weighted by atomic mass is 10.1. The second kappa shape index (κ2) is 6.04. The highest BCUT2D eigenvalue weighted by molar-refractivity contribution is 9.10. The molecule has 0 spiro atoms. The second-order valence-corrected chi connectivity index (χ2v) is 7.86. The van der Waals surface area contributed by atoms with Gasteiger partial charge in [-0.1, -0.05) is 30.0 Å². The molecule has 1 aliphatic heterocycles. The number of carbonyl (C=O) groups excluding carboxylic acids is 1. The highest BCUT2D eigenvalue weighted by Crippen LogP contribution is 2.41. The first-order valence-electron chi connectivity index (χ1n) is 6.44. The number of fused-ring (bicyclic) bond motifs is 1. The number of nitrogens with zero attached hydrogens (tertiary/aromatic N) is 2. The van der Waals surface area contributed by atoms with Crippen molar-refractivity contribution in [2.75, 3.05) is 11.9 Å². The molecule has 1 amide bonds. The number of likely N-dealkylation sites (N-methyl/N-ethyl adjacent to an activating group) is 1. The molecule has 0 saturated heterocycles. The minimum absolute atomic E-state index is 0.00680. The van der Waals surface area contributed by atoms with Crippen LogP contribution in [0.15, 0.2) is 25.8 Å². The SMILES string of the molecule is CCNC1C(=O)Nc2cc(Sc3nnc(C)s3)c(Br)cc21. The third-order valence-electron chi connectivity index (χ3n) is 3.05. The number of amides is 1. The van der Waals surface area contributed by atoms with Gasteiger partial charge in [-0.05, 0) is 41.5 Å². The van der Waals surface area contributed by atoms with E-state index in [2.05, 4.69) is 36.8 Å². The van der Waals surface area contributed by atoms with Crippen LogP contribution in [0.3, 0.4) is 0 Å². The Hall–Kier alpha value is -0.960. The smallest absolute Gasteiger partial charge is 0.246 e. The number of carbonyl (C=O) groups is 1. The van der Waals surface area contributed by atoms with Crippen molar-refractivity contribution in [2.45, 2.75) is 29.1 Å². The van der Waals surface area contributed by atoms with Crippen LogP contribution in [0.25, 0.3) is 0 Å². The number of halogens is 1. The summed E-state index contributed by atoms with van der Waals surface area (Å²) in [5.41, 5.74) is 1.84. The summed E-state index contributed by atoms with van der Waals surface area (Å²) in [6, 6.07) is 3.71. The van der Waals surface area contributed by atoms with E-state index < -0.39 is 0 Å². The fourth-order valence-corrected chi connectivity index (χ4v) is 4.58. The Kier molecular flexibility index (Phi) is 4.30. The molecule has 1 unspecified atom stereocenters. The van der Waals surface area contributed by atoms with Crippen molar-refractivity contribution in [1.29, 1.82) is 0 Å². The highest BCUT2D eigenvalue weighted by Gasteiger charge is 2.30. The molecule has 0 radical (unpaired) electrons. The Morgan fingerprint density at radius 1 is 1.48 bits per heavy atom. The zero-order chi connectivity index (χ0) is 15.0. The van der Waals surface area contributed by atoms with Gasteiger partial charge in [-0.2, -0.15) is 0 Å². The maximum Gasteiger partial charge on any atom is 0.246 e. The second-order valence-electron chi connectivity index (χ2n) is 4.54. The predicted octanol–water partition coefficient (Wildman–Crippen LogP) is 3.36. The number of nitrogens with one attached hydrogen (secondary N) is 2. The summed E-state index contributed by atoms with van der Waals surface area (Å²) in [5.74, 6) is -0.00680. The number of aryl methyl sites for hydroxylation is 1. The molecular weight excluding hydrogens is 372 g/mol. The molecule has 5 nitrogen and oxygen atoms in total. The fraction of sp³-hybridized carbons (Fsp3) is 0.308. The lowest BCUT2D eigenvalue weighted by Crippen LogP contribution is -2.27. The van der Waals surface area contributed by atoms with E-state index in [-0.39, 0.29) is 11.9 Å². The topological polar surface area (TPSA) is 66.9 Å². The van der Waals surface area contributed by atoms with Gasteiger partial charge in [0.25, 0.3) is 0 Å². The van der Waals surface area contributed by atoms with Crippen LogP contribution in [0.5, 0.6) is 0 Å². The van der Waals surface area contributed by atoms with Crippen LogP contribution in [0, 0.1) is 6.92 Å². The summed E-state index contributed by atoms with van der Waals surface area (Å²) >= 11 is 6.68. The number of rotatable bonds is 4. The van der Waals surface area contributed by atoms with Crippen molar-refractivity contribution in [1.82, 2.24) is 15.5 Å². The van der Waals surface area contributed by atoms with Crippen LogP contribution >= 0.6 is 39.0 Å². The summed E-state index contributed by atoms with van der Waals surface area (Å²) in [4.78, 5) is 13.0. The highest BCUT2D eigenvalue weighted by atomic mass is 79.9. The molecule has 8 heteroatoms. The summed E-state index contributed by atoms with van der Waals surface area (Å²) in [5, 5.41) is 15.2. The van der Waals surface area contributed by atoms with Crippen LogP contribution in [-0.4, -0.2) is 22.6 Å². The van der Waals surface area contributed by atoms with E-state index in [4.69, 9.17) is 0 Å². The average Bonchev–Trinajstić information content (AvgIpc) is 2.96. The molecule has 1 aromatic heterocycles. The van der Waals surface area contributed by atoms with Crippen LogP contribution in [0.4, 0.5) is 5.69 Å². The van der Waals surface area contributed by atoms with Crippen LogP contribution in [-0.2, 0) is 4.79 Å². The summed E-state index contributed by atoms with van der Waals surface area (Å²) in [6.07, 6.45) is 0. The molecule has 0 bridgehead atoms.